The molecule has 22 heavy (non-hydrogen) atoms. The summed E-state index contributed by atoms with van der Waals surface area (Å²) < 4.78 is 0. The average molecular weight is 298 g/mol. The van der Waals surface area contributed by atoms with Gasteiger partial charge in [0.05, 0.1) is 11.1 Å². The van der Waals surface area contributed by atoms with Crippen molar-refractivity contribution in [2.75, 3.05) is 13.1 Å². The number of hydrogen-bond acceptors (Lipinski definition) is 4. The molecule has 114 valence electrons. The molecule has 0 saturated heterocycles. The van der Waals surface area contributed by atoms with Gasteiger partial charge < -0.3 is 16.2 Å². The van der Waals surface area contributed by atoms with E-state index in [1.54, 1.807) is 36.4 Å². The van der Waals surface area contributed by atoms with Gasteiger partial charge in [0.25, 0.3) is 5.91 Å². The highest BCUT2D eigenvalue weighted by molar-refractivity contribution is 6.16. The number of nitrogens with one attached hydrogen (secondary N) is 1. The second-order valence-electron chi connectivity index (χ2n) is 4.94. The van der Waals surface area contributed by atoms with Crippen LogP contribution < -0.4 is 11.1 Å². The maximum Gasteiger partial charge on any atom is 0.252 e. The van der Waals surface area contributed by atoms with Crippen molar-refractivity contribution in [2.45, 2.75) is 6.92 Å². The van der Waals surface area contributed by atoms with Gasteiger partial charge in [0.15, 0.2) is 5.78 Å². The number of phenols is 1. The number of benzene rings is 2. The fraction of sp³-hybridized carbons (Fsp3) is 0.176. The summed E-state index contributed by atoms with van der Waals surface area (Å²) in [7, 11) is 0. The van der Waals surface area contributed by atoms with Crippen LogP contribution in [0.1, 0.15) is 31.8 Å². The monoisotopic (exact) mass is 298 g/mol. The molecule has 0 aliphatic carbocycles. The molecule has 0 radical (unpaired) electrons. The SMILES string of the molecule is Cc1ccc(C(=O)c2ccccc2C(=O)NCCN)c(O)c1. The van der Waals surface area contributed by atoms with E-state index in [1.807, 2.05) is 6.92 Å². The molecule has 0 atom stereocenters. The van der Waals surface area contributed by atoms with Gasteiger partial charge in [0.2, 0.25) is 0 Å². The van der Waals surface area contributed by atoms with Crippen LogP contribution in [0.2, 0.25) is 0 Å². The van der Waals surface area contributed by atoms with Gasteiger partial charge in [-0.25, -0.2) is 0 Å². The van der Waals surface area contributed by atoms with Crippen LogP contribution in [-0.2, 0) is 0 Å². The molecule has 5 heteroatoms. The topological polar surface area (TPSA) is 92.4 Å². The number of carbonyl (C=O) groups excluding carboxylic acids is 2. The lowest BCUT2D eigenvalue weighted by Gasteiger charge is -2.10. The molecule has 2 aromatic rings. The Hall–Kier alpha value is -2.66. The van der Waals surface area contributed by atoms with Crippen LogP contribution in [-0.4, -0.2) is 29.9 Å². The van der Waals surface area contributed by atoms with Crippen LogP contribution >= 0.6 is 0 Å². The number of amides is 1. The molecule has 0 spiro atoms. The van der Waals surface area contributed by atoms with Crippen LogP contribution in [0.4, 0.5) is 0 Å². The third-order valence-electron chi connectivity index (χ3n) is 3.24. The molecule has 5 nitrogen and oxygen atoms in total. The molecule has 0 saturated carbocycles. The van der Waals surface area contributed by atoms with Crippen molar-refractivity contribution in [3.63, 3.8) is 0 Å². The summed E-state index contributed by atoms with van der Waals surface area (Å²) in [5, 5.41) is 12.6. The molecule has 2 aromatic carbocycles. The van der Waals surface area contributed by atoms with Gasteiger partial charge in [-0.15, -0.1) is 0 Å². The van der Waals surface area contributed by atoms with E-state index < -0.39 is 5.78 Å². The third-order valence-corrected chi connectivity index (χ3v) is 3.24. The average Bonchev–Trinajstić information content (AvgIpc) is 2.52. The Labute approximate surface area is 128 Å². The Morgan fingerprint density at radius 2 is 1.77 bits per heavy atom. The number of rotatable bonds is 5. The first kappa shape index (κ1) is 15.7. The summed E-state index contributed by atoms with van der Waals surface area (Å²) in [4.78, 5) is 24.7. The van der Waals surface area contributed by atoms with Gasteiger partial charge in [0.1, 0.15) is 5.75 Å². The minimum absolute atomic E-state index is 0.0952. The first-order valence-electron chi connectivity index (χ1n) is 6.96. The summed E-state index contributed by atoms with van der Waals surface area (Å²) in [5.74, 6) is -0.848. The Kier molecular flexibility index (Phi) is 4.91. The van der Waals surface area contributed by atoms with Crippen LogP contribution in [0.25, 0.3) is 0 Å². The first-order chi connectivity index (χ1) is 10.5. The Balaban J connectivity index is 2.40. The van der Waals surface area contributed by atoms with Crippen molar-refractivity contribution in [3.8, 4) is 5.75 Å². The largest absolute Gasteiger partial charge is 0.507 e. The second kappa shape index (κ2) is 6.87. The van der Waals surface area contributed by atoms with Crippen molar-refractivity contribution in [2.24, 2.45) is 5.73 Å². The third kappa shape index (κ3) is 3.32. The summed E-state index contributed by atoms with van der Waals surface area (Å²) in [5.41, 5.74) is 6.90. The Morgan fingerprint density at radius 1 is 1.09 bits per heavy atom. The molecular formula is C17H18N2O3. The van der Waals surface area contributed by atoms with E-state index in [9.17, 15) is 14.7 Å². The zero-order valence-electron chi connectivity index (χ0n) is 12.3. The van der Waals surface area contributed by atoms with Crippen LogP contribution in [0.3, 0.4) is 0 Å². The van der Waals surface area contributed by atoms with Crippen LogP contribution in [0.5, 0.6) is 5.75 Å². The van der Waals surface area contributed by atoms with Gasteiger partial charge in [-0.05, 0) is 30.7 Å². The molecule has 1 amide bonds. The van der Waals surface area contributed by atoms with Crippen molar-refractivity contribution in [1.82, 2.24) is 5.32 Å². The van der Waals surface area contributed by atoms with Gasteiger partial charge >= 0.3 is 0 Å². The molecule has 0 bridgehead atoms. The Bertz CT molecular complexity index is 711. The molecule has 0 aromatic heterocycles. The zero-order chi connectivity index (χ0) is 16.1. The van der Waals surface area contributed by atoms with Crippen molar-refractivity contribution >= 4 is 11.7 Å². The fourth-order valence-corrected chi connectivity index (χ4v) is 2.14. The number of aryl methyl sites for hydroxylation is 1. The van der Waals surface area contributed by atoms with Crippen molar-refractivity contribution in [1.29, 1.82) is 0 Å². The number of nitrogens with two attached hydrogens (primary N) is 1. The molecule has 0 aliphatic rings. The summed E-state index contributed by atoms with van der Waals surface area (Å²) in [6, 6.07) is 11.3. The van der Waals surface area contributed by atoms with Crippen LogP contribution in [0.15, 0.2) is 42.5 Å². The molecular weight excluding hydrogens is 280 g/mol. The second-order valence-corrected chi connectivity index (χ2v) is 4.94. The highest BCUT2D eigenvalue weighted by atomic mass is 16.3. The van der Waals surface area contributed by atoms with Gasteiger partial charge in [-0.2, -0.15) is 0 Å². The maximum absolute atomic E-state index is 12.6. The first-order valence-corrected chi connectivity index (χ1v) is 6.96. The number of hydrogen-bond donors (Lipinski definition) is 3. The normalized spacial score (nSPS) is 10.3. The van der Waals surface area contributed by atoms with Gasteiger partial charge in [-0.1, -0.05) is 24.3 Å². The van der Waals surface area contributed by atoms with E-state index in [-0.39, 0.29) is 28.3 Å². The van der Waals surface area contributed by atoms with Gasteiger partial charge in [0, 0.05) is 18.7 Å². The summed E-state index contributed by atoms with van der Waals surface area (Å²) in [6.07, 6.45) is 0. The fourth-order valence-electron chi connectivity index (χ4n) is 2.14. The molecule has 0 fully saturated rings. The predicted molar refractivity (Wildman–Crippen MR) is 84.1 cm³/mol. The van der Waals surface area contributed by atoms with Crippen molar-refractivity contribution < 1.29 is 14.7 Å². The highest BCUT2D eigenvalue weighted by Crippen LogP contribution is 2.23. The van der Waals surface area contributed by atoms with Crippen molar-refractivity contribution in [3.05, 3.63) is 64.7 Å². The quantitative estimate of drug-likeness (QED) is 0.731. The number of aromatic hydroxyl groups is 1. The van der Waals surface area contributed by atoms with Gasteiger partial charge in [-0.3, -0.25) is 9.59 Å². The highest BCUT2D eigenvalue weighted by Gasteiger charge is 2.19. The predicted octanol–water partition coefficient (Wildman–Crippen LogP) is 1.62. The molecule has 0 heterocycles. The minimum atomic E-state index is -0.393. The van der Waals surface area contributed by atoms with E-state index in [1.165, 1.54) is 6.07 Å². The van der Waals surface area contributed by atoms with E-state index >= 15 is 0 Å². The van der Waals surface area contributed by atoms with Crippen LogP contribution in [0, 0.1) is 6.92 Å². The summed E-state index contributed by atoms with van der Waals surface area (Å²) >= 11 is 0. The molecule has 0 unspecified atom stereocenters. The lowest BCUT2D eigenvalue weighted by atomic mass is 9.96. The minimum Gasteiger partial charge on any atom is -0.507 e. The van der Waals surface area contributed by atoms with E-state index in [0.29, 0.717) is 13.1 Å². The molecule has 4 N–H and O–H groups in total. The number of phenolic OH excluding ortho intramolecular Hbond substituents is 1. The zero-order valence-corrected chi connectivity index (χ0v) is 12.3. The smallest absolute Gasteiger partial charge is 0.252 e. The van der Waals surface area contributed by atoms with E-state index in [0.717, 1.165) is 5.56 Å². The Morgan fingerprint density at radius 3 is 2.41 bits per heavy atom. The molecule has 0 aliphatic heterocycles. The molecule has 2 rings (SSSR count). The lowest BCUT2D eigenvalue weighted by Crippen LogP contribution is -2.30. The summed E-state index contributed by atoms with van der Waals surface area (Å²) in [6.45, 7) is 2.47. The number of ketones is 1. The van der Waals surface area contributed by atoms with E-state index in [4.69, 9.17) is 5.73 Å². The van der Waals surface area contributed by atoms with E-state index in [2.05, 4.69) is 5.32 Å². The lowest BCUT2D eigenvalue weighted by molar-refractivity contribution is 0.0942. The maximum atomic E-state index is 12.6. The number of carbonyl (C=O) groups is 2. The standard InChI is InChI=1S/C17H18N2O3/c1-11-6-7-14(15(20)10-11)16(21)12-4-2-3-5-13(12)17(22)19-9-8-18/h2-7,10,20H,8-9,18H2,1H3,(H,19,22).